The Morgan fingerprint density at radius 3 is 2.81 bits per heavy atom. The first-order valence-corrected chi connectivity index (χ1v) is 5.67. The van der Waals surface area contributed by atoms with Crippen LogP contribution in [0.25, 0.3) is 0 Å². The Bertz CT molecular complexity index is 412. The van der Waals surface area contributed by atoms with Gasteiger partial charge in [0, 0.05) is 19.3 Å². The summed E-state index contributed by atoms with van der Waals surface area (Å²) in [4.78, 5) is 6.72. The number of aromatic nitrogens is 1. The van der Waals surface area contributed by atoms with Crippen molar-refractivity contribution in [3.8, 4) is 0 Å². The van der Waals surface area contributed by atoms with E-state index in [0.717, 1.165) is 36.5 Å². The van der Waals surface area contributed by atoms with Crippen molar-refractivity contribution in [3.05, 3.63) is 35.0 Å². The summed E-state index contributed by atoms with van der Waals surface area (Å²) in [5.74, 6) is 1.04. The molecule has 0 radical (unpaired) electrons. The fourth-order valence-electron chi connectivity index (χ4n) is 2.01. The molecule has 1 aromatic heterocycles. The van der Waals surface area contributed by atoms with Crippen LogP contribution in [0.3, 0.4) is 0 Å². The molecule has 0 saturated carbocycles. The van der Waals surface area contributed by atoms with Crippen molar-refractivity contribution in [1.29, 1.82) is 0 Å². The van der Waals surface area contributed by atoms with Gasteiger partial charge in [0.2, 0.25) is 0 Å². The first-order valence-electron chi connectivity index (χ1n) is 5.67. The average molecular weight is 218 g/mol. The van der Waals surface area contributed by atoms with Crippen molar-refractivity contribution in [1.82, 2.24) is 4.98 Å². The lowest BCUT2D eigenvalue weighted by molar-refractivity contribution is 0.281. The fourth-order valence-corrected chi connectivity index (χ4v) is 2.01. The van der Waals surface area contributed by atoms with Gasteiger partial charge in [0.1, 0.15) is 5.82 Å². The molecule has 0 unspecified atom stereocenters. The van der Waals surface area contributed by atoms with Crippen LogP contribution in [0.15, 0.2) is 23.9 Å². The van der Waals surface area contributed by atoms with E-state index in [1.165, 1.54) is 5.57 Å². The molecule has 16 heavy (non-hydrogen) atoms. The Kier molecular flexibility index (Phi) is 3.25. The molecule has 86 valence electrons. The summed E-state index contributed by atoms with van der Waals surface area (Å²) in [6, 6.07) is 2.01. The van der Waals surface area contributed by atoms with Crippen LogP contribution in [0.5, 0.6) is 0 Å². The van der Waals surface area contributed by atoms with E-state index in [4.69, 9.17) is 5.11 Å². The van der Waals surface area contributed by atoms with Crippen molar-refractivity contribution < 1.29 is 5.11 Å². The molecule has 2 heterocycles. The Balaban J connectivity index is 2.21. The van der Waals surface area contributed by atoms with Crippen molar-refractivity contribution >= 4 is 5.82 Å². The monoisotopic (exact) mass is 218 g/mol. The lowest BCUT2D eigenvalue weighted by Gasteiger charge is -2.27. The van der Waals surface area contributed by atoms with Crippen molar-refractivity contribution in [2.75, 3.05) is 18.0 Å². The highest BCUT2D eigenvalue weighted by Gasteiger charge is 2.13. The molecule has 0 aromatic carbocycles. The molecular weight excluding hydrogens is 200 g/mol. The maximum absolute atomic E-state index is 9.03. The molecule has 0 atom stereocenters. The first kappa shape index (κ1) is 11.1. The number of aliphatic hydroxyl groups is 1. The third-order valence-electron chi connectivity index (χ3n) is 3.03. The topological polar surface area (TPSA) is 36.4 Å². The van der Waals surface area contributed by atoms with Gasteiger partial charge in [-0.15, -0.1) is 0 Å². The van der Waals surface area contributed by atoms with Crippen LogP contribution in [0.4, 0.5) is 5.82 Å². The van der Waals surface area contributed by atoms with E-state index in [1.54, 1.807) is 6.20 Å². The molecule has 0 spiro atoms. The van der Waals surface area contributed by atoms with Crippen LogP contribution in [-0.4, -0.2) is 23.2 Å². The minimum Gasteiger partial charge on any atom is -0.392 e. The maximum atomic E-state index is 9.03. The Hall–Kier alpha value is -1.35. The van der Waals surface area contributed by atoms with Gasteiger partial charge in [0.05, 0.1) is 6.61 Å². The Morgan fingerprint density at radius 1 is 1.44 bits per heavy atom. The predicted octanol–water partition coefficient (Wildman–Crippen LogP) is 2.04. The van der Waals surface area contributed by atoms with Gasteiger partial charge in [-0.25, -0.2) is 4.98 Å². The van der Waals surface area contributed by atoms with Crippen LogP contribution in [0.2, 0.25) is 0 Å². The maximum Gasteiger partial charge on any atom is 0.131 e. The highest BCUT2D eigenvalue weighted by atomic mass is 16.3. The number of nitrogens with zero attached hydrogens (tertiary/aromatic N) is 2. The highest BCUT2D eigenvalue weighted by molar-refractivity contribution is 5.48. The van der Waals surface area contributed by atoms with Gasteiger partial charge in [-0.1, -0.05) is 11.6 Å². The van der Waals surface area contributed by atoms with E-state index in [0.29, 0.717) is 0 Å². The lowest BCUT2D eigenvalue weighted by Crippen LogP contribution is -2.29. The molecule has 3 nitrogen and oxygen atoms in total. The van der Waals surface area contributed by atoms with Crippen LogP contribution < -0.4 is 4.90 Å². The van der Waals surface area contributed by atoms with Crippen LogP contribution in [0, 0.1) is 6.92 Å². The molecule has 3 heteroatoms. The van der Waals surface area contributed by atoms with E-state index >= 15 is 0 Å². The van der Waals surface area contributed by atoms with E-state index in [-0.39, 0.29) is 6.61 Å². The van der Waals surface area contributed by atoms with E-state index in [2.05, 4.69) is 22.9 Å². The minimum absolute atomic E-state index is 0.0626. The molecule has 1 aliphatic heterocycles. The third kappa shape index (κ3) is 2.25. The average Bonchev–Trinajstić information content (AvgIpc) is 2.30. The lowest BCUT2D eigenvalue weighted by atomic mass is 10.1. The second-order valence-corrected chi connectivity index (χ2v) is 4.39. The first-order chi connectivity index (χ1) is 7.70. The molecule has 1 N–H and O–H groups in total. The summed E-state index contributed by atoms with van der Waals surface area (Å²) in [6.45, 7) is 6.26. The Labute approximate surface area is 96.4 Å². The highest BCUT2D eigenvalue weighted by Crippen LogP contribution is 2.21. The van der Waals surface area contributed by atoms with E-state index in [1.807, 2.05) is 13.0 Å². The SMILES string of the molecule is CC1=CCN(c2ncc(CO)cc2C)CC1. The molecule has 0 aliphatic carbocycles. The second kappa shape index (κ2) is 4.66. The zero-order valence-corrected chi connectivity index (χ0v) is 9.90. The second-order valence-electron chi connectivity index (χ2n) is 4.39. The molecular formula is C13H18N2O. The number of pyridine rings is 1. The van der Waals surface area contributed by atoms with Gasteiger partial charge in [0.25, 0.3) is 0 Å². The van der Waals surface area contributed by atoms with E-state index in [9.17, 15) is 0 Å². The van der Waals surface area contributed by atoms with Crippen molar-refractivity contribution in [2.24, 2.45) is 0 Å². The number of rotatable bonds is 2. The summed E-state index contributed by atoms with van der Waals surface area (Å²) in [5, 5.41) is 9.03. The zero-order valence-electron chi connectivity index (χ0n) is 9.90. The number of hydrogen-bond donors (Lipinski definition) is 1. The zero-order chi connectivity index (χ0) is 11.5. The van der Waals surface area contributed by atoms with Gasteiger partial charge in [0.15, 0.2) is 0 Å². The largest absolute Gasteiger partial charge is 0.392 e. The number of aliphatic hydroxyl groups excluding tert-OH is 1. The molecule has 2 rings (SSSR count). The van der Waals surface area contributed by atoms with Crippen molar-refractivity contribution in [3.63, 3.8) is 0 Å². The summed E-state index contributed by atoms with van der Waals surface area (Å²) < 4.78 is 0. The summed E-state index contributed by atoms with van der Waals surface area (Å²) >= 11 is 0. The Morgan fingerprint density at radius 2 is 2.25 bits per heavy atom. The molecule has 0 amide bonds. The smallest absolute Gasteiger partial charge is 0.131 e. The van der Waals surface area contributed by atoms with Gasteiger partial charge in [-0.2, -0.15) is 0 Å². The molecule has 1 aliphatic rings. The molecule has 0 fully saturated rings. The predicted molar refractivity (Wildman–Crippen MR) is 65.5 cm³/mol. The normalized spacial score (nSPS) is 16.2. The fraction of sp³-hybridized carbons (Fsp3) is 0.462. The summed E-state index contributed by atoms with van der Waals surface area (Å²) in [5.41, 5.74) is 3.48. The standard InChI is InChI=1S/C13H18N2O/c1-10-3-5-15(6-4-10)13-11(2)7-12(9-16)8-14-13/h3,7-8,16H,4-6,9H2,1-2H3. The minimum atomic E-state index is 0.0626. The van der Waals surface area contributed by atoms with Gasteiger partial charge in [-0.3, -0.25) is 0 Å². The number of hydrogen-bond acceptors (Lipinski definition) is 3. The summed E-state index contributed by atoms with van der Waals surface area (Å²) in [7, 11) is 0. The number of aryl methyl sites for hydroxylation is 1. The van der Waals surface area contributed by atoms with Gasteiger partial charge < -0.3 is 10.0 Å². The van der Waals surface area contributed by atoms with Gasteiger partial charge >= 0.3 is 0 Å². The van der Waals surface area contributed by atoms with Crippen LogP contribution in [-0.2, 0) is 6.61 Å². The van der Waals surface area contributed by atoms with E-state index < -0.39 is 0 Å². The molecule has 0 bridgehead atoms. The molecule has 1 aromatic rings. The van der Waals surface area contributed by atoms with Gasteiger partial charge in [-0.05, 0) is 37.5 Å². The summed E-state index contributed by atoms with van der Waals surface area (Å²) in [6.07, 6.45) is 5.13. The van der Waals surface area contributed by atoms with Crippen LogP contribution >= 0.6 is 0 Å². The number of anilines is 1. The molecule has 0 saturated heterocycles. The van der Waals surface area contributed by atoms with Crippen molar-refractivity contribution in [2.45, 2.75) is 26.9 Å². The third-order valence-corrected chi connectivity index (χ3v) is 3.03. The quantitative estimate of drug-likeness (QED) is 0.772. The van der Waals surface area contributed by atoms with Crippen LogP contribution in [0.1, 0.15) is 24.5 Å².